The summed E-state index contributed by atoms with van der Waals surface area (Å²) in [5.74, 6) is 0. The number of aldehydes is 1. The summed E-state index contributed by atoms with van der Waals surface area (Å²) in [5, 5.41) is 3.33. The van der Waals surface area contributed by atoms with Crippen molar-refractivity contribution < 1.29 is 4.79 Å². The second kappa shape index (κ2) is 4.89. The Morgan fingerprint density at radius 3 is 2.20 bits per heavy atom. The minimum Gasteiger partial charge on any atom is -0.316 e. The summed E-state index contributed by atoms with van der Waals surface area (Å²) < 4.78 is 0. The van der Waals surface area contributed by atoms with Crippen molar-refractivity contribution in [3.63, 3.8) is 0 Å². The van der Waals surface area contributed by atoms with Crippen LogP contribution in [0.4, 0.5) is 0 Å². The molecule has 0 unspecified atom stereocenters. The van der Waals surface area contributed by atoms with E-state index in [1.165, 1.54) is 11.1 Å². The molecule has 0 bridgehead atoms. The van der Waals surface area contributed by atoms with E-state index in [1.54, 1.807) is 0 Å². The van der Waals surface area contributed by atoms with Crippen molar-refractivity contribution in [3.8, 4) is 0 Å². The monoisotopic (exact) mass is 201 g/mol. The molecule has 1 heterocycles. The van der Waals surface area contributed by atoms with E-state index in [9.17, 15) is 4.79 Å². The summed E-state index contributed by atoms with van der Waals surface area (Å²) in [7, 11) is 0. The number of rotatable bonds is 2. The van der Waals surface area contributed by atoms with Crippen LogP contribution in [0.2, 0.25) is 0 Å². The van der Waals surface area contributed by atoms with E-state index in [-0.39, 0.29) is 0 Å². The molecule has 1 aromatic carbocycles. The molecule has 2 heteroatoms. The van der Waals surface area contributed by atoms with Gasteiger partial charge in [0.25, 0.3) is 0 Å². The summed E-state index contributed by atoms with van der Waals surface area (Å²) in [6, 6.07) is 7.72. The second-order valence-electron chi connectivity index (χ2n) is 3.84. The van der Waals surface area contributed by atoms with Gasteiger partial charge < -0.3 is 5.32 Å². The van der Waals surface area contributed by atoms with Crippen LogP contribution in [0, 0.1) is 0 Å². The fraction of sp³-hybridized carbons (Fsp3) is 0.308. The lowest BCUT2D eigenvalue weighted by Crippen LogP contribution is -2.22. The van der Waals surface area contributed by atoms with Crippen LogP contribution in [0.5, 0.6) is 0 Å². The van der Waals surface area contributed by atoms with Crippen molar-refractivity contribution in [1.29, 1.82) is 0 Å². The van der Waals surface area contributed by atoms with E-state index in [2.05, 4.69) is 11.4 Å². The van der Waals surface area contributed by atoms with Crippen LogP contribution in [0.3, 0.4) is 0 Å². The lowest BCUT2D eigenvalue weighted by atomic mass is 10.0. The Bertz CT molecular complexity index is 357. The molecule has 2 nitrogen and oxygen atoms in total. The Kier molecular flexibility index (Phi) is 3.30. The smallest absolute Gasteiger partial charge is 0.150 e. The van der Waals surface area contributed by atoms with Crippen LogP contribution < -0.4 is 5.32 Å². The minimum absolute atomic E-state index is 0.738. The van der Waals surface area contributed by atoms with Gasteiger partial charge in [-0.3, -0.25) is 4.79 Å². The van der Waals surface area contributed by atoms with Gasteiger partial charge in [-0.15, -0.1) is 0 Å². The van der Waals surface area contributed by atoms with Gasteiger partial charge in [0.1, 0.15) is 6.29 Å². The zero-order valence-corrected chi connectivity index (χ0v) is 8.70. The average Bonchev–Trinajstić information content (AvgIpc) is 2.31. The first-order chi connectivity index (χ1) is 7.38. The zero-order chi connectivity index (χ0) is 10.5. The third-order valence-corrected chi connectivity index (χ3v) is 2.69. The lowest BCUT2D eigenvalue weighted by Gasteiger charge is -2.15. The van der Waals surface area contributed by atoms with E-state index < -0.39 is 0 Å². The Morgan fingerprint density at radius 1 is 1.00 bits per heavy atom. The third kappa shape index (κ3) is 2.77. The Balaban J connectivity index is 2.11. The van der Waals surface area contributed by atoms with E-state index in [0.717, 1.165) is 37.8 Å². The lowest BCUT2D eigenvalue weighted by molar-refractivity contribution is 0.112. The van der Waals surface area contributed by atoms with E-state index in [1.807, 2.05) is 24.3 Å². The summed E-state index contributed by atoms with van der Waals surface area (Å²) in [6.45, 7) is 2.16. The summed E-state index contributed by atoms with van der Waals surface area (Å²) >= 11 is 0. The van der Waals surface area contributed by atoms with Crippen LogP contribution in [0.1, 0.15) is 28.8 Å². The highest BCUT2D eigenvalue weighted by Gasteiger charge is 2.03. The van der Waals surface area contributed by atoms with Gasteiger partial charge in [0.05, 0.1) is 0 Å². The van der Waals surface area contributed by atoms with Crippen molar-refractivity contribution in [2.24, 2.45) is 0 Å². The SMILES string of the molecule is O=Cc1ccc(C=C2CCNCC2)cc1. The molecule has 1 aromatic rings. The predicted octanol–water partition coefficient (Wildman–Crippen LogP) is 2.27. The van der Waals surface area contributed by atoms with Gasteiger partial charge >= 0.3 is 0 Å². The zero-order valence-electron chi connectivity index (χ0n) is 8.70. The molecule has 78 valence electrons. The van der Waals surface area contributed by atoms with Gasteiger partial charge in [-0.1, -0.05) is 35.9 Å². The van der Waals surface area contributed by atoms with Gasteiger partial charge in [-0.05, 0) is 31.5 Å². The average molecular weight is 201 g/mol. The van der Waals surface area contributed by atoms with Crippen LogP contribution in [-0.2, 0) is 0 Å². The van der Waals surface area contributed by atoms with Crippen LogP contribution in [-0.4, -0.2) is 19.4 Å². The molecule has 0 atom stereocenters. The number of hydrogen-bond donors (Lipinski definition) is 1. The maximum Gasteiger partial charge on any atom is 0.150 e. The number of benzene rings is 1. The number of nitrogens with one attached hydrogen (secondary N) is 1. The molecule has 1 aliphatic rings. The molecule has 0 spiro atoms. The third-order valence-electron chi connectivity index (χ3n) is 2.69. The van der Waals surface area contributed by atoms with Crippen molar-refractivity contribution in [2.45, 2.75) is 12.8 Å². The first-order valence-corrected chi connectivity index (χ1v) is 5.34. The maximum absolute atomic E-state index is 10.5. The van der Waals surface area contributed by atoms with Crippen LogP contribution >= 0.6 is 0 Å². The fourth-order valence-electron chi connectivity index (χ4n) is 1.80. The molecule has 2 rings (SSSR count). The highest BCUT2D eigenvalue weighted by atomic mass is 16.1. The molecule has 0 saturated carbocycles. The molecule has 1 saturated heterocycles. The van der Waals surface area contributed by atoms with Gasteiger partial charge in [-0.2, -0.15) is 0 Å². The first-order valence-electron chi connectivity index (χ1n) is 5.34. The molecule has 1 fully saturated rings. The Labute approximate surface area is 90.0 Å². The highest BCUT2D eigenvalue weighted by molar-refractivity contribution is 5.75. The number of hydrogen-bond acceptors (Lipinski definition) is 2. The quantitative estimate of drug-likeness (QED) is 0.744. The molecule has 15 heavy (non-hydrogen) atoms. The number of piperidine rings is 1. The van der Waals surface area contributed by atoms with E-state index in [0.29, 0.717) is 0 Å². The first kappa shape index (κ1) is 10.1. The Hall–Kier alpha value is -1.41. The molecular weight excluding hydrogens is 186 g/mol. The molecule has 1 aliphatic heterocycles. The normalized spacial score (nSPS) is 16.1. The van der Waals surface area contributed by atoms with Crippen molar-refractivity contribution in [1.82, 2.24) is 5.32 Å². The van der Waals surface area contributed by atoms with Gasteiger partial charge in [-0.25, -0.2) is 0 Å². The highest BCUT2D eigenvalue weighted by Crippen LogP contribution is 2.15. The largest absolute Gasteiger partial charge is 0.316 e. The minimum atomic E-state index is 0.738. The van der Waals surface area contributed by atoms with Crippen LogP contribution in [0.15, 0.2) is 29.8 Å². The molecule has 1 N–H and O–H groups in total. The standard InChI is InChI=1S/C13H15NO/c15-10-13-3-1-11(2-4-13)9-12-5-7-14-8-6-12/h1-4,9-10,14H,5-8H2. The van der Waals surface area contributed by atoms with Gasteiger partial charge in [0.2, 0.25) is 0 Å². The molecular formula is C13H15NO. The van der Waals surface area contributed by atoms with Gasteiger partial charge in [0, 0.05) is 5.56 Å². The number of carbonyl (C=O) groups is 1. The summed E-state index contributed by atoms with van der Waals surface area (Å²) in [5.41, 5.74) is 3.42. The number of carbonyl (C=O) groups excluding carboxylic acids is 1. The van der Waals surface area contributed by atoms with Crippen LogP contribution in [0.25, 0.3) is 6.08 Å². The van der Waals surface area contributed by atoms with Crippen molar-refractivity contribution in [2.75, 3.05) is 13.1 Å². The van der Waals surface area contributed by atoms with E-state index in [4.69, 9.17) is 0 Å². The topological polar surface area (TPSA) is 29.1 Å². The molecule has 0 aliphatic carbocycles. The molecule has 0 aromatic heterocycles. The van der Waals surface area contributed by atoms with Gasteiger partial charge in [0.15, 0.2) is 0 Å². The summed E-state index contributed by atoms with van der Waals surface area (Å²) in [4.78, 5) is 10.5. The summed E-state index contributed by atoms with van der Waals surface area (Å²) in [6.07, 6.45) is 5.38. The second-order valence-corrected chi connectivity index (χ2v) is 3.84. The molecule has 0 amide bonds. The predicted molar refractivity (Wildman–Crippen MR) is 61.9 cm³/mol. The maximum atomic E-state index is 10.5. The fourth-order valence-corrected chi connectivity index (χ4v) is 1.80. The van der Waals surface area contributed by atoms with E-state index >= 15 is 0 Å². The Morgan fingerprint density at radius 2 is 1.60 bits per heavy atom. The van der Waals surface area contributed by atoms with Crippen molar-refractivity contribution >= 4 is 12.4 Å². The van der Waals surface area contributed by atoms with Crippen molar-refractivity contribution in [3.05, 3.63) is 41.0 Å². The molecule has 0 radical (unpaired) electrons.